The maximum absolute atomic E-state index is 12.6. The number of rotatable bonds is 4. The van der Waals surface area contributed by atoms with Crippen molar-refractivity contribution in [2.75, 3.05) is 11.9 Å². The van der Waals surface area contributed by atoms with Crippen molar-refractivity contribution in [1.82, 2.24) is 0 Å². The van der Waals surface area contributed by atoms with Crippen molar-refractivity contribution in [2.24, 2.45) is 5.41 Å². The molecule has 0 spiro atoms. The Balaban J connectivity index is 3.14. The Morgan fingerprint density at radius 2 is 1.33 bits per heavy atom. The average Bonchev–Trinajstić information content (AvgIpc) is 2.34. The number of hydrogen-bond acceptors (Lipinski definition) is 1. The highest BCUT2D eigenvalue weighted by Gasteiger charge is 2.37. The average molecular weight is 379 g/mol. The predicted octanol–water partition coefficient (Wildman–Crippen LogP) is 5.52. The van der Waals surface area contributed by atoms with Crippen LogP contribution in [-0.2, 0) is 12.4 Å². The zero-order chi connectivity index (χ0) is 16.5. The van der Waals surface area contributed by atoms with Crippen LogP contribution in [0.15, 0.2) is 18.2 Å². The second kappa shape index (κ2) is 6.06. The van der Waals surface area contributed by atoms with Crippen LogP contribution in [0, 0.1) is 5.41 Å². The summed E-state index contributed by atoms with van der Waals surface area (Å²) in [7, 11) is 0. The molecule has 8 heteroatoms. The van der Waals surface area contributed by atoms with Crippen LogP contribution in [0.3, 0.4) is 0 Å². The summed E-state index contributed by atoms with van der Waals surface area (Å²) in [5.74, 6) is -0.453. The molecule has 1 aromatic carbocycles. The molecule has 0 radical (unpaired) electrons. The minimum Gasteiger partial charge on any atom is -0.493 e. The van der Waals surface area contributed by atoms with E-state index in [0.29, 0.717) is 17.5 Å². The van der Waals surface area contributed by atoms with Gasteiger partial charge in [-0.1, -0.05) is 29.8 Å². The first kappa shape index (κ1) is 18.1. The molecule has 0 aliphatic rings. The number of ether oxygens (including phenoxy) is 1. The maximum atomic E-state index is 12.6. The second-order valence-corrected chi connectivity index (χ2v) is 5.89. The quantitative estimate of drug-likeness (QED) is 0.494. The van der Waals surface area contributed by atoms with Crippen molar-refractivity contribution in [3.63, 3.8) is 0 Å². The van der Waals surface area contributed by atoms with Gasteiger partial charge in [-0.2, -0.15) is 26.3 Å². The first-order valence-electron chi connectivity index (χ1n) is 5.83. The van der Waals surface area contributed by atoms with Gasteiger partial charge in [0.15, 0.2) is 0 Å². The van der Waals surface area contributed by atoms with E-state index >= 15 is 0 Å². The topological polar surface area (TPSA) is 9.23 Å². The number of benzene rings is 1. The Hall–Kier alpha value is -0.920. The third-order valence-corrected chi connectivity index (χ3v) is 4.07. The van der Waals surface area contributed by atoms with E-state index in [1.807, 2.05) is 0 Å². The van der Waals surface area contributed by atoms with Crippen LogP contribution in [0.5, 0.6) is 5.75 Å². The van der Waals surface area contributed by atoms with Gasteiger partial charge in [-0.25, -0.2) is 0 Å². The highest BCUT2D eigenvalue weighted by molar-refractivity contribution is 9.09. The van der Waals surface area contributed by atoms with Gasteiger partial charge in [0.25, 0.3) is 0 Å². The summed E-state index contributed by atoms with van der Waals surface area (Å²) in [5, 5.41) is 0.491. The molecule has 0 saturated heterocycles. The molecular formula is C13H13BrF6O. The molecule has 0 aliphatic heterocycles. The monoisotopic (exact) mass is 378 g/mol. The zero-order valence-corrected chi connectivity index (χ0v) is 12.8. The van der Waals surface area contributed by atoms with E-state index in [9.17, 15) is 26.3 Å². The van der Waals surface area contributed by atoms with Gasteiger partial charge >= 0.3 is 12.4 Å². The zero-order valence-electron chi connectivity index (χ0n) is 11.2. The van der Waals surface area contributed by atoms with Crippen molar-refractivity contribution in [3.05, 3.63) is 29.3 Å². The Morgan fingerprint density at radius 3 is 1.67 bits per heavy atom. The van der Waals surface area contributed by atoms with Crippen LogP contribution >= 0.6 is 15.9 Å². The summed E-state index contributed by atoms with van der Waals surface area (Å²) in [6, 6.07) is 1.21. The lowest BCUT2D eigenvalue weighted by Gasteiger charge is -2.22. The third kappa shape index (κ3) is 5.41. The second-order valence-electron chi connectivity index (χ2n) is 5.33. The van der Waals surface area contributed by atoms with Gasteiger partial charge in [0, 0.05) is 10.7 Å². The number of hydrogen-bond donors (Lipinski definition) is 0. The maximum Gasteiger partial charge on any atom is 0.416 e. The van der Waals surface area contributed by atoms with Gasteiger partial charge in [-0.3, -0.25) is 0 Å². The Morgan fingerprint density at radius 1 is 0.905 bits per heavy atom. The standard InChI is InChI=1S/C13H13BrF6O/c1-11(2,6-14)7-21-10-4-8(12(15,16)17)3-9(5-10)13(18,19)20/h3-5H,6-7H2,1-2H3. The normalized spacial score (nSPS) is 13.4. The molecule has 0 N–H and O–H groups in total. The molecular weight excluding hydrogens is 366 g/mol. The summed E-state index contributed by atoms with van der Waals surface area (Å²) in [4.78, 5) is 0. The SMILES string of the molecule is CC(C)(CBr)COc1cc(C(F)(F)F)cc(C(F)(F)F)c1. The van der Waals surface area contributed by atoms with Crippen molar-refractivity contribution < 1.29 is 31.1 Å². The summed E-state index contributed by atoms with van der Waals surface area (Å²) in [6.07, 6.45) is -9.74. The molecule has 1 nitrogen and oxygen atoms in total. The highest BCUT2D eigenvalue weighted by Crippen LogP contribution is 2.38. The van der Waals surface area contributed by atoms with Crippen LogP contribution in [0.25, 0.3) is 0 Å². The van der Waals surface area contributed by atoms with Gasteiger partial charge in [0.1, 0.15) is 5.75 Å². The highest BCUT2D eigenvalue weighted by atomic mass is 79.9. The molecule has 0 heterocycles. The lowest BCUT2D eigenvalue weighted by atomic mass is 9.98. The Bertz CT molecular complexity index is 460. The van der Waals surface area contributed by atoms with E-state index in [1.54, 1.807) is 13.8 Å². The van der Waals surface area contributed by atoms with Crippen LogP contribution in [0.1, 0.15) is 25.0 Å². The van der Waals surface area contributed by atoms with Gasteiger partial charge in [-0.05, 0) is 18.2 Å². The first-order chi connectivity index (χ1) is 9.35. The molecule has 0 unspecified atom stereocenters. The van der Waals surface area contributed by atoms with E-state index in [-0.39, 0.29) is 12.7 Å². The summed E-state index contributed by atoms with van der Waals surface area (Å²) < 4.78 is 81.0. The molecule has 0 fully saturated rings. The molecule has 0 saturated carbocycles. The molecule has 1 aromatic rings. The largest absolute Gasteiger partial charge is 0.493 e. The van der Waals surface area contributed by atoms with E-state index in [4.69, 9.17) is 4.74 Å². The van der Waals surface area contributed by atoms with Crippen LogP contribution in [0.2, 0.25) is 0 Å². The summed E-state index contributed by atoms with van der Waals surface area (Å²) in [6.45, 7) is 3.51. The van der Waals surface area contributed by atoms with Crippen molar-refractivity contribution in [2.45, 2.75) is 26.2 Å². The minimum atomic E-state index is -4.87. The number of alkyl halides is 7. The molecule has 21 heavy (non-hydrogen) atoms. The molecule has 120 valence electrons. The molecule has 0 aromatic heterocycles. The molecule has 0 amide bonds. The summed E-state index contributed by atoms with van der Waals surface area (Å²) in [5.41, 5.74) is -3.19. The summed E-state index contributed by atoms with van der Waals surface area (Å²) >= 11 is 3.20. The fourth-order valence-electron chi connectivity index (χ4n) is 1.33. The Kier molecular flexibility index (Phi) is 5.23. The van der Waals surface area contributed by atoms with E-state index in [1.165, 1.54) is 0 Å². The van der Waals surface area contributed by atoms with Gasteiger partial charge in [0.2, 0.25) is 0 Å². The van der Waals surface area contributed by atoms with Crippen molar-refractivity contribution in [1.29, 1.82) is 0 Å². The van der Waals surface area contributed by atoms with Gasteiger partial charge in [-0.15, -0.1) is 0 Å². The van der Waals surface area contributed by atoms with E-state index < -0.39 is 34.6 Å². The Labute approximate surface area is 126 Å². The van der Waals surface area contributed by atoms with Gasteiger partial charge in [0.05, 0.1) is 17.7 Å². The molecule has 1 rings (SSSR count). The fourth-order valence-corrected chi connectivity index (χ4v) is 1.49. The minimum absolute atomic E-state index is 0.0170. The van der Waals surface area contributed by atoms with E-state index in [0.717, 1.165) is 0 Å². The van der Waals surface area contributed by atoms with Crippen LogP contribution in [-0.4, -0.2) is 11.9 Å². The smallest absolute Gasteiger partial charge is 0.416 e. The lowest BCUT2D eigenvalue weighted by molar-refractivity contribution is -0.143. The van der Waals surface area contributed by atoms with Crippen LogP contribution < -0.4 is 4.74 Å². The van der Waals surface area contributed by atoms with Crippen LogP contribution in [0.4, 0.5) is 26.3 Å². The fraction of sp³-hybridized carbons (Fsp3) is 0.538. The van der Waals surface area contributed by atoms with Gasteiger partial charge < -0.3 is 4.74 Å². The first-order valence-corrected chi connectivity index (χ1v) is 6.95. The third-order valence-electron chi connectivity index (χ3n) is 2.55. The van der Waals surface area contributed by atoms with Crippen molar-refractivity contribution >= 4 is 15.9 Å². The number of halogens is 7. The lowest BCUT2D eigenvalue weighted by Crippen LogP contribution is -2.23. The molecule has 0 bridgehead atoms. The molecule has 0 aliphatic carbocycles. The van der Waals surface area contributed by atoms with Crippen molar-refractivity contribution in [3.8, 4) is 5.75 Å². The molecule has 0 atom stereocenters. The predicted molar refractivity (Wildman–Crippen MR) is 69.5 cm³/mol. The van der Waals surface area contributed by atoms with E-state index in [2.05, 4.69) is 15.9 Å².